The zero-order chi connectivity index (χ0) is 12.4. The molecule has 0 atom stereocenters. The van der Waals surface area contributed by atoms with Crippen LogP contribution in [0.2, 0.25) is 5.02 Å². The summed E-state index contributed by atoms with van der Waals surface area (Å²) < 4.78 is 7.79. The van der Waals surface area contributed by atoms with Crippen LogP contribution >= 0.6 is 11.6 Å². The van der Waals surface area contributed by atoms with Crippen LogP contribution in [0.1, 0.15) is 0 Å². The Hall–Kier alpha value is -1.93. The third-order valence-electron chi connectivity index (χ3n) is 2.86. The first-order chi connectivity index (χ1) is 8.83. The van der Waals surface area contributed by atoms with E-state index in [9.17, 15) is 0 Å². The highest BCUT2D eigenvalue weighted by Crippen LogP contribution is 2.18. The number of halogens is 1. The zero-order valence-corrected chi connectivity index (χ0v) is 10.5. The van der Waals surface area contributed by atoms with E-state index in [2.05, 4.69) is 22.8 Å². The van der Waals surface area contributed by atoms with E-state index in [0.29, 0.717) is 11.8 Å². The van der Waals surface area contributed by atoms with Gasteiger partial charge in [0.05, 0.1) is 5.52 Å². The number of aromatic nitrogens is 1. The van der Waals surface area contributed by atoms with Crippen LogP contribution in [0.15, 0.2) is 60.8 Å². The molecule has 2 nitrogen and oxygen atoms in total. The van der Waals surface area contributed by atoms with Gasteiger partial charge in [-0.1, -0.05) is 29.8 Å². The van der Waals surface area contributed by atoms with Crippen molar-refractivity contribution in [2.75, 3.05) is 0 Å². The average molecular weight is 259 g/mol. The van der Waals surface area contributed by atoms with Gasteiger partial charge in [0, 0.05) is 11.2 Å². The molecule has 0 aliphatic heterocycles. The Bertz CT molecular complexity index is 658. The molecule has 18 heavy (non-hydrogen) atoms. The summed E-state index contributed by atoms with van der Waals surface area (Å²) in [6, 6.07) is 17.7. The highest BCUT2D eigenvalue weighted by molar-refractivity contribution is 6.30. The summed E-state index contributed by atoms with van der Waals surface area (Å²) in [5.74, 6) is 0.817. The summed E-state index contributed by atoms with van der Waals surface area (Å²) >= 11 is 5.83. The van der Waals surface area contributed by atoms with Crippen molar-refractivity contribution in [1.29, 1.82) is 0 Å². The molecule has 0 spiro atoms. The van der Waals surface area contributed by atoms with E-state index in [1.165, 1.54) is 10.9 Å². The normalized spacial score (nSPS) is 10.7. The lowest BCUT2D eigenvalue weighted by molar-refractivity contribution is 0.241. The molecule has 0 N–H and O–H groups in total. The molecule has 0 aliphatic rings. The molecule has 3 aromatic rings. The summed E-state index contributed by atoms with van der Waals surface area (Å²) in [6.45, 7) is 0.495. The molecule has 0 radical (unpaired) electrons. The van der Waals surface area contributed by atoms with E-state index in [4.69, 9.17) is 16.3 Å². The Labute approximate surface area is 110 Å². The third-order valence-corrected chi connectivity index (χ3v) is 3.12. The van der Waals surface area contributed by atoms with E-state index in [1.807, 2.05) is 42.6 Å². The molecule has 0 saturated carbocycles. The molecule has 3 rings (SSSR count). The molecular weight excluding hydrogens is 247 g/mol. The van der Waals surface area contributed by atoms with E-state index >= 15 is 0 Å². The maximum atomic E-state index is 5.83. The molecule has 0 bridgehead atoms. The number of nitrogens with zero attached hydrogens (tertiary/aromatic N) is 1. The van der Waals surface area contributed by atoms with Crippen molar-refractivity contribution in [1.82, 2.24) is 4.57 Å². The van der Waals surface area contributed by atoms with Crippen LogP contribution in [0, 0.1) is 0 Å². The van der Waals surface area contributed by atoms with Gasteiger partial charge < -0.3 is 9.30 Å². The molecular formula is C15H12ClNO. The van der Waals surface area contributed by atoms with Crippen molar-refractivity contribution in [3.05, 3.63) is 65.8 Å². The summed E-state index contributed by atoms with van der Waals surface area (Å²) in [7, 11) is 0. The molecule has 3 heteroatoms. The fourth-order valence-corrected chi connectivity index (χ4v) is 2.05. The summed E-state index contributed by atoms with van der Waals surface area (Å²) in [4.78, 5) is 0. The van der Waals surface area contributed by atoms with Crippen molar-refractivity contribution in [2.45, 2.75) is 6.73 Å². The van der Waals surface area contributed by atoms with Crippen molar-refractivity contribution >= 4 is 22.5 Å². The first-order valence-electron chi connectivity index (χ1n) is 5.75. The number of rotatable bonds is 3. The second kappa shape index (κ2) is 4.75. The standard InChI is InChI=1S/C15H12ClNO/c16-13-5-7-14(8-6-13)18-11-17-10-9-12-3-1-2-4-15(12)17/h1-10H,11H2/i11+1. The van der Waals surface area contributed by atoms with Gasteiger partial charge in [-0.3, -0.25) is 0 Å². The van der Waals surface area contributed by atoms with Crippen LogP contribution in [0.5, 0.6) is 5.75 Å². The van der Waals surface area contributed by atoms with Gasteiger partial charge in [-0.05, 0) is 41.8 Å². The first kappa shape index (κ1) is 11.2. The lowest BCUT2D eigenvalue weighted by Crippen LogP contribution is -2.03. The van der Waals surface area contributed by atoms with Crippen LogP contribution < -0.4 is 4.74 Å². The second-order valence-corrected chi connectivity index (χ2v) is 4.51. The Kier molecular flexibility index (Phi) is 2.95. The minimum Gasteiger partial charge on any atom is -0.473 e. The van der Waals surface area contributed by atoms with Gasteiger partial charge in [-0.2, -0.15) is 0 Å². The van der Waals surface area contributed by atoms with Crippen LogP contribution in [-0.4, -0.2) is 4.57 Å². The number of fused-ring (bicyclic) bond motifs is 1. The smallest absolute Gasteiger partial charge is 0.165 e. The van der Waals surface area contributed by atoms with Crippen LogP contribution in [0.25, 0.3) is 10.9 Å². The lowest BCUT2D eigenvalue weighted by atomic mass is 10.3. The quantitative estimate of drug-likeness (QED) is 0.638. The number of hydrogen-bond acceptors (Lipinski definition) is 1. The lowest BCUT2D eigenvalue weighted by Gasteiger charge is -2.08. The molecule has 1 aromatic heterocycles. The molecule has 1 heterocycles. The number of ether oxygens (including phenoxy) is 1. The fraction of sp³-hybridized carbons (Fsp3) is 0.0667. The molecule has 0 unspecified atom stereocenters. The number of benzene rings is 2. The molecule has 2 aromatic carbocycles. The van der Waals surface area contributed by atoms with Gasteiger partial charge in [-0.15, -0.1) is 0 Å². The Morgan fingerprint density at radius 3 is 2.56 bits per heavy atom. The molecule has 0 aliphatic carbocycles. The highest BCUT2D eigenvalue weighted by Gasteiger charge is 2.00. The predicted molar refractivity (Wildman–Crippen MR) is 74.0 cm³/mol. The summed E-state index contributed by atoms with van der Waals surface area (Å²) in [5.41, 5.74) is 1.17. The topological polar surface area (TPSA) is 14.2 Å². The summed E-state index contributed by atoms with van der Waals surface area (Å²) in [5, 5.41) is 1.94. The fourth-order valence-electron chi connectivity index (χ4n) is 1.93. The average Bonchev–Trinajstić information content (AvgIpc) is 2.82. The van der Waals surface area contributed by atoms with Crippen molar-refractivity contribution < 1.29 is 4.74 Å². The maximum Gasteiger partial charge on any atom is 0.165 e. The van der Waals surface area contributed by atoms with Gasteiger partial charge >= 0.3 is 0 Å². The van der Waals surface area contributed by atoms with E-state index in [0.717, 1.165) is 5.75 Å². The van der Waals surface area contributed by atoms with Gasteiger partial charge in [0.25, 0.3) is 0 Å². The molecule has 90 valence electrons. The Morgan fingerprint density at radius 1 is 0.944 bits per heavy atom. The van der Waals surface area contributed by atoms with E-state index in [-0.39, 0.29) is 0 Å². The van der Waals surface area contributed by atoms with E-state index in [1.54, 1.807) is 0 Å². The first-order valence-corrected chi connectivity index (χ1v) is 6.13. The number of hydrogen-bond donors (Lipinski definition) is 0. The summed E-state index contributed by atoms with van der Waals surface area (Å²) in [6.07, 6.45) is 2.03. The van der Waals surface area contributed by atoms with Crippen molar-refractivity contribution in [2.24, 2.45) is 0 Å². The molecule has 0 fully saturated rings. The van der Waals surface area contributed by atoms with Gasteiger partial charge in [0.2, 0.25) is 0 Å². The van der Waals surface area contributed by atoms with Gasteiger partial charge in [-0.25, -0.2) is 0 Å². The predicted octanol–water partition coefficient (Wildman–Crippen LogP) is 4.33. The third kappa shape index (κ3) is 2.20. The van der Waals surface area contributed by atoms with Crippen LogP contribution in [0.3, 0.4) is 0 Å². The minimum atomic E-state index is 0.495. The largest absolute Gasteiger partial charge is 0.473 e. The molecule has 0 saturated heterocycles. The van der Waals surface area contributed by atoms with Crippen molar-refractivity contribution in [3.8, 4) is 5.75 Å². The maximum absolute atomic E-state index is 5.83. The highest BCUT2D eigenvalue weighted by atomic mass is 35.5. The van der Waals surface area contributed by atoms with Gasteiger partial charge in [0.15, 0.2) is 6.73 Å². The Balaban J connectivity index is 1.79. The number of para-hydroxylation sites is 1. The van der Waals surface area contributed by atoms with Crippen LogP contribution in [-0.2, 0) is 6.73 Å². The van der Waals surface area contributed by atoms with Crippen LogP contribution in [0.4, 0.5) is 0 Å². The molecule has 0 amide bonds. The Morgan fingerprint density at radius 2 is 1.72 bits per heavy atom. The monoisotopic (exact) mass is 258 g/mol. The minimum absolute atomic E-state index is 0.495. The second-order valence-electron chi connectivity index (χ2n) is 4.07. The van der Waals surface area contributed by atoms with Crippen molar-refractivity contribution in [3.63, 3.8) is 0 Å². The SMILES string of the molecule is Clc1ccc(O[13CH2]n2ccc3ccccc32)cc1. The van der Waals surface area contributed by atoms with E-state index < -0.39 is 0 Å². The zero-order valence-electron chi connectivity index (χ0n) is 9.71. The van der Waals surface area contributed by atoms with Gasteiger partial charge in [0.1, 0.15) is 5.75 Å².